The Kier molecular flexibility index (Phi) is 12800. The van der Waals surface area contributed by atoms with E-state index in [4.69, 9.17) is 10.1 Å². The fraction of sp³-hybridized carbons (Fsp3) is 0. The van der Waals surface area contributed by atoms with Crippen LogP contribution in [0.25, 0.3) is 0 Å². The molecule has 0 rings (SSSR count). The van der Waals surface area contributed by atoms with E-state index in [2.05, 4.69) is 5.73 Å². The zero-order chi connectivity index (χ0) is 4.71. The normalized spacial score (nSPS) is 2.20. The van der Waals surface area contributed by atoms with Gasteiger partial charge in [0, 0.05) is 0 Å². The highest BCUT2D eigenvalue weighted by molar-refractivity contribution is 5.10. The first-order valence-corrected chi connectivity index (χ1v) is 0.801. The Morgan fingerprint density at radius 1 is 1.80 bits per heavy atom. The fourth-order valence-corrected chi connectivity index (χ4v) is 0. The van der Waals surface area contributed by atoms with Gasteiger partial charge in [-0.3, -0.25) is 0 Å². The Labute approximate surface area is 30.0 Å². The summed E-state index contributed by atoms with van der Waals surface area (Å²) in [5, 5.41) is 7.10. The molecule has 0 radical (unpaired) electrons. The van der Waals surface area contributed by atoms with Gasteiger partial charge in [0.1, 0.15) is 6.79 Å². The molecular weight excluding hydrogens is 68.0 g/mol. The SMILES string of the molecule is C=O.N#CN. The van der Waals surface area contributed by atoms with Gasteiger partial charge in [-0.25, -0.2) is 0 Å². The van der Waals surface area contributed by atoms with Crippen molar-refractivity contribution in [2.75, 3.05) is 0 Å². The van der Waals surface area contributed by atoms with Crippen LogP contribution in [0.5, 0.6) is 0 Å². The van der Waals surface area contributed by atoms with Gasteiger partial charge in [0.25, 0.3) is 0 Å². The Bertz CT molecular complexity index is 37.4. The monoisotopic (exact) mass is 72.0 g/mol. The Morgan fingerprint density at radius 3 is 1.80 bits per heavy atom. The maximum absolute atomic E-state index is 8.00. The minimum atomic E-state index is 1.25. The van der Waals surface area contributed by atoms with Crippen molar-refractivity contribution in [1.82, 2.24) is 0 Å². The first kappa shape index (κ1) is 9.03. The summed E-state index contributed by atoms with van der Waals surface area (Å²) in [5.74, 6) is 0. The zero-order valence-corrected chi connectivity index (χ0v) is 2.64. The molecule has 0 amide bonds. The lowest BCUT2D eigenvalue weighted by molar-refractivity contribution is -0.0979. The van der Waals surface area contributed by atoms with Gasteiger partial charge in [0.15, 0.2) is 6.19 Å². The summed E-state index contributed by atoms with van der Waals surface area (Å²) in [6, 6.07) is 0. The largest absolute Gasteiger partial charge is 0.337 e. The summed E-state index contributed by atoms with van der Waals surface area (Å²) >= 11 is 0. The van der Waals surface area contributed by atoms with Crippen LogP contribution in [0, 0.1) is 11.5 Å². The molecule has 0 aromatic heterocycles. The highest BCUT2D eigenvalue weighted by Gasteiger charge is 1.12. The van der Waals surface area contributed by atoms with Crippen molar-refractivity contribution in [3.05, 3.63) is 0 Å². The second-order valence-corrected chi connectivity index (χ2v) is 0.129. The van der Waals surface area contributed by atoms with Gasteiger partial charge in [-0.15, -0.1) is 0 Å². The third-order valence-electron chi connectivity index (χ3n) is 0. The van der Waals surface area contributed by atoms with E-state index < -0.39 is 0 Å². The molecule has 0 bridgehead atoms. The fourth-order valence-electron chi connectivity index (χ4n) is 0. The number of hydrogen-bond donors (Lipinski definition) is 1. The average Bonchev–Trinajstić information content (AvgIpc) is 1.46. The van der Waals surface area contributed by atoms with Crippen LogP contribution in [0.4, 0.5) is 0 Å². The quantitative estimate of drug-likeness (QED) is 0.302. The van der Waals surface area contributed by atoms with Crippen molar-refractivity contribution in [2.24, 2.45) is 5.73 Å². The highest BCUT2D eigenvalue weighted by atomic mass is 16.1. The summed E-state index contributed by atoms with van der Waals surface area (Å²) in [6.45, 7) is 2.00. The second-order valence-electron chi connectivity index (χ2n) is 0.129. The lowest BCUT2D eigenvalue weighted by Gasteiger charge is -1.24. The van der Waals surface area contributed by atoms with Crippen LogP contribution in [-0.2, 0) is 4.79 Å². The number of carbonyl (C=O) groups is 1. The van der Waals surface area contributed by atoms with Gasteiger partial charge >= 0.3 is 0 Å². The molecule has 28 valence electrons. The Morgan fingerprint density at radius 2 is 1.80 bits per heavy atom. The van der Waals surface area contributed by atoms with Gasteiger partial charge in [0.05, 0.1) is 0 Å². The van der Waals surface area contributed by atoms with Crippen molar-refractivity contribution in [3.63, 3.8) is 0 Å². The predicted molar refractivity (Wildman–Crippen MR) is 16.9 cm³/mol. The predicted octanol–water partition coefficient (Wildman–Crippen LogP) is -0.759. The molecule has 0 saturated heterocycles. The van der Waals surface area contributed by atoms with Gasteiger partial charge in [-0.1, -0.05) is 0 Å². The highest BCUT2D eigenvalue weighted by Crippen LogP contribution is 0.900. The summed E-state index contributed by atoms with van der Waals surface area (Å²) in [6.07, 6.45) is 1.25. The molecular formula is C2H4N2O. The molecule has 3 nitrogen and oxygen atoms in total. The molecule has 0 aliphatic heterocycles. The number of nitriles is 1. The van der Waals surface area contributed by atoms with Crippen LogP contribution >= 0.6 is 0 Å². The maximum Gasteiger partial charge on any atom is 0.173 e. The van der Waals surface area contributed by atoms with Crippen molar-refractivity contribution in [3.8, 4) is 6.19 Å². The topological polar surface area (TPSA) is 66.9 Å². The molecule has 5 heavy (non-hydrogen) atoms. The maximum atomic E-state index is 8.00. The van der Waals surface area contributed by atoms with Crippen LogP contribution in [0.1, 0.15) is 0 Å². The van der Waals surface area contributed by atoms with E-state index in [9.17, 15) is 0 Å². The van der Waals surface area contributed by atoms with Crippen LogP contribution in [0.3, 0.4) is 0 Å². The summed E-state index contributed by atoms with van der Waals surface area (Å²) in [7, 11) is 0. The Hall–Kier alpha value is -1.04. The smallest absolute Gasteiger partial charge is 0.173 e. The summed E-state index contributed by atoms with van der Waals surface area (Å²) in [5.41, 5.74) is 4.15. The summed E-state index contributed by atoms with van der Waals surface area (Å²) in [4.78, 5) is 8.00. The number of hydrogen-bond acceptors (Lipinski definition) is 3. The molecule has 3 heteroatoms. The van der Waals surface area contributed by atoms with Crippen LogP contribution in [-0.4, -0.2) is 6.79 Å². The lowest BCUT2D eigenvalue weighted by atomic mass is 11.5. The average molecular weight is 72.1 g/mol. The number of nitrogens with zero attached hydrogens (tertiary/aromatic N) is 1. The molecule has 0 heterocycles. The molecule has 0 aromatic rings. The van der Waals surface area contributed by atoms with Crippen molar-refractivity contribution in [1.29, 1.82) is 5.26 Å². The van der Waals surface area contributed by atoms with Crippen molar-refractivity contribution < 1.29 is 4.79 Å². The standard InChI is InChI=1S/CH2N2.CH2O/c2-1-3;1-2/h2H2;1H2. The second kappa shape index (κ2) is 7110. The Balaban J connectivity index is 0. The van der Waals surface area contributed by atoms with Crippen LogP contribution in [0.2, 0.25) is 0 Å². The van der Waals surface area contributed by atoms with Gasteiger partial charge in [0.2, 0.25) is 0 Å². The molecule has 0 unspecified atom stereocenters. The first-order valence-electron chi connectivity index (χ1n) is 0.801. The minimum absolute atomic E-state index is 1.25. The third-order valence-corrected chi connectivity index (χ3v) is 0. The minimum Gasteiger partial charge on any atom is -0.337 e. The van der Waals surface area contributed by atoms with Crippen molar-refractivity contribution >= 4 is 6.79 Å². The molecule has 2 N–H and O–H groups in total. The number of carbonyl (C=O) groups excluding carboxylic acids is 1. The first-order chi connectivity index (χ1) is 2.41. The van der Waals surface area contributed by atoms with E-state index in [1.54, 1.807) is 0 Å². The van der Waals surface area contributed by atoms with E-state index in [0.29, 0.717) is 0 Å². The van der Waals surface area contributed by atoms with E-state index >= 15 is 0 Å². The summed E-state index contributed by atoms with van der Waals surface area (Å²) < 4.78 is 0. The molecule has 0 atom stereocenters. The molecule has 0 aliphatic carbocycles. The molecule has 0 aliphatic rings. The van der Waals surface area contributed by atoms with Gasteiger partial charge in [-0.05, 0) is 0 Å². The van der Waals surface area contributed by atoms with Crippen LogP contribution < -0.4 is 5.73 Å². The zero-order valence-electron chi connectivity index (χ0n) is 2.64. The van der Waals surface area contributed by atoms with E-state index in [1.807, 2.05) is 6.79 Å². The molecule has 0 spiro atoms. The third kappa shape index (κ3) is 2.52. The molecule has 0 aromatic carbocycles. The molecule has 0 saturated carbocycles. The lowest BCUT2D eigenvalue weighted by Crippen LogP contribution is -1.69. The van der Waals surface area contributed by atoms with Crippen molar-refractivity contribution in [2.45, 2.75) is 0 Å². The van der Waals surface area contributed by atoms with E-state index in [1.165, 1.54) is 6.19 Å². The number of nitrogens with two attached hydrogens (primary N) is 1. The van der Waals surface area contributed by atoms with Gasteiger partial charge in [-0.2, -0.15) is 5.26 Å². The molecule has 0 fully saturated rings. The van der Waals surface area contributed by atoms with Crippen LogP contribution in [0.15, 0.2) is 0 Å². The van der Waals surface area contributed by atoms with E-state index in [0.717, 1.165) is 0 Å². The van der Waals surface area contributed by atoms with E-state index in [-0.39, 0.29) is 0 Å². The van der Waals surface area contributed by atoms with Gasteiger partial charge < -0.3 is 10.5 Å². The number of rotatable bonds is 0.